The molecule has 2 N–H and O–H groups in total. The van der Waals surface area contributed by atoms with Crippen LogP contribution in [0.1, 0.15) is 23.6 Å². The first-order valence-electron chi connectivity index (χ1n) is 10.6. The summed E-state index contributed by atoms with van der Waals surface area (Å²) in [6, 6.07) is 19.9. The Labute approximate surface area is 195 Å². The van der Waals surface area contributed by atoms with Crippen molar-refractivity contribution in [1.82, 2.24) is 9.88 Å². The van der Waals surface area contributed by atoms with Crippen LogP contribution in [0.5, 0.6) is 0 Å². The van der Waals surface area contributed by atoms with Crippen LogP contribution < -0.4 is 10.9 Å². The minimum absolute atomic E-state index is 0.194. The van der Waals surface area contributed by atoms with Gasteiger partial charge in [0.1, 0.15) is 11.6 Å². The fourth-order valence-electron chi connectivity index (χ4n) is 3.59. The number of fused-ring (bicyclic) bond motifs is 1. The first-order valence-corrected chi connectivity index (χ1v) is 11.0. The average Bonchev–Trinajstić information content (AvgIpc) is 2.81. The van der Waals surface area contributed by atoms with Crippen molar-refractivity contribution in [1.29, 1.82) is 0 Å². The molecule has 0 aliphatic carbocycles. The van der Waals surface area contributed by atoms with Gasteiger partial charge in [-0.15, -0.1) is 0 Å². The third kappa shape index (κ3) is 5.62. The highest BCUT2D eigenvalue weighted by molar-refractivity contribution is 7.80. The SMILES string of the molecule is CCc1ccc2[nH]c(=O)c(CN(Cc3ccc(F)cc3)C(=S)Nc3ccc(F)cc3)cc2c1. The number of nitrogens with one attached hydrogen (secondary N) is 2. The Kier molecular flexibility index (Phi) is 6.79. The molecule has 0 saturated heterocycles. The summed E-state index contributed by atoms with van der Waals surface area (Å²) in [4.78, 5) is 17.6. The summed E-state index contributed by atoms with van der Waals surface area (Å²) < 4.78 is 26.7. The first-order chi connectivity index (χ1) is 15.9. The number of aromatic amines is 1. The van der Waals surface area contributed by atoms with Crippen molar-refractivity contribution in [3.05, 3.63) is 111 Å². The zero-order valence-corrected chi connectivity index (χ0v) is 18.9. The van der Waals surface area contributed by atoms with E-state index in [1.165, 1.54) is 29.8 Å². The number of aromatic nitrogens is 1. The Hall–Kier alpha value is -3.58. The number of hydrogen-bond donors (Lipinski definition) is 2. The van der Waals surface area contributed by atoms with Crippen molar-refractivity contribution in [2.24, 2.45) is 0 Å². The van der Waals surface area contributed by atoms with Gasteiger partial charge in [-0.1, -0.05) is 25.1 Å². The minimum atomic E-state index is -0.344. The molecule has 3 aromatic carbocycles. The second-order valence-corrected chi connectivity index (χ2v) is 8.21. The van der Waals surface area contributed by atoms with Crippen molar-refractivity contribution in [3.63, 3.8) is 0 Å². The van der Waals surface area contributed by atoms with Gasteiger partial charge >= 0.3 is 0 Å². The molecule has 1 heterocycles. The van der Waals surface area contributed by atoms with E-state index in [1.807, 2.05) is 23.1 Å². The maximum absolute atomic E-state index is 13.4. The molecular formula is C26H23F2N3OS. The van der Waals surface area contributed by atoms with Gasteiger partial charge in [-0.3, -0.25) is 4.79 Å². The number of benzene rings is 3. The molecule has 4 aromatic rings. The Bertz CT molecular complexity index is 1330. The van der Waals surface area contributed by atoms with Gasteiger partial charge in [-0.05, 0) is 89.7 Å². The second-order valence-electron chi connectivity index (χ2n) is 7.82. The highest BCUT2D eigenvalue weighted by atomic mass is 32.1. The van der Waals surface area contributed by atoms with Crippen LogP contribution in [-0.4, -0.2) is 15.0 Å². The molecule has 0 radical (unpaired) electrons. The largest absolute Gasteiger partial charge is 0.340 e. The summed E-state index contributed by atoms with van der Waals surface area (Å²) in [5.41, 5.74) is 3.78. The van der Waals surface area contributed by atoms with Crippen molar-refractivity contribution in [3.8, 4) is 0 Å². The van der Waals surface area contributed by atoms with Gasteiger partial charge in [-0.25, -0.2) is 8.78 Å². The highest BCUT2D eigenvalue weighted by Gasteiger charge is 2.15. The van der Waals surface area contributed by atoms with Crippen LogP contribution in [-0.2, 0) is 19.5 Å². The number of thiocarbonyl (C=S) groups is 1. The number of pyridine rings is 1. The number of rotatable bonds is 6. The number of hydrogen-bond acceptors (Lipinski definition) is 2. The lowest BCUT2D eigenvalue weighted by Crippen LogP contribution is -2.35. The zero-order chi connectivity index (χ0) is 23.4. The van der Waals surface area contributed by atoms with Crippen LogP contribution in [0.15, 0.2) is 77.6 Å². The van der Waals surface area contributed by atoms with Gasteiger partial charge < -0.3 is 15.2 Å². The van der Waals surface area contributed by atoms with Gasteiger partial charge in [-0.2, -0.15) is 0 Å². The van der Waals surface area contributed by atoms with E-state index in [9.17, 15) is 13.6 Å². The van der Waals surface area contributed by atoms with Crippen LogP contribution >= 0.6 is 12.2 Å². The molecule has 0 spiro atoms. The van der Waals surface area contributed by atoms with Crippen molar-refractivity contribution in [2.45, 2.75) is 26.4 Å². The molecule has 0 amide bonds. The van der Waals surface area contributed by atoms with Gasteiger partial charge in [0.05, 0.1) is 6.54 Å². The molecule has 4 nitrogen and oxygen atoms in total. The normalized spacial score (nSPS) is 10.9. The molecule has 1 aromatic heterocycles. The third-order valence-electron chi connectivity index (χ3n) is 5.42. The van der Waals surface area contributed by atoms with E-state index in [0.717, 1.165) is 22.9 Å². The minimum Gasteiger partial charge on any atom is -0.340 e. The zero-order valence-electron chi connectivity index (χ0n) is 18.1. The predicted molar refractivity (Wildman–Crippen MR) is 132 cm³/mol. The number of aryl methyl sites for hydroxylation is 1. The van der Waals surface area contributed by atoms with E-state index >= 15 is 0 Å². The van der Waals surface area contributed by atoms with E-state index in [-0.39, 0.29) is 23.7 Å². The Morgan fingerprint density at radius 1 is 0.909 bits per heavy atom. The maximum atomic E-state index is 13.4. The fourth-order valence-corrected chi connectivity index (χ4v) is 3.84. The molecular weight excluding hydrogens is 440 g/mol. The maximum Gasteiger partial charge on any atom is 0.253 e. The number of halogens is 2. The number of nitrogens with zero attached hydrogens (tertiary/aromatic N) is 1. The van der Waals surface area contributed by atoms with E-state index in [2.05, 4.69) is 23.3 Å². The van der Waals surface area contributed by atoms with Gasteiger partial charge in [0.15, 0.2) is 5.11 Å². The molecule has 168 valence electrons. The quantitative estimate of drug-likeness (QED) is 0.357. The van der Waals surface area contributed by atoms with Crippen LogP contribution in [0.25, 0.3) is 10.9 Å². The van der Waals surface area contributed by atoms with E-state index in [0.29, 0.717) is 22.9 Å². The number of H-pyrrole nitrogens is 1. The molecule has 0 fully saturated rings. The Balaban J connectivity index is 1.65. The Morgan fingerprint density at radius 2 is 1.55 bits per heavy atom. The molecule has 0 unspecified atom stereocenters. The molecule has 0 atom stereocenters. The van der Waals surface area contributed by atoms with E-state index in [1.54, 1.807) is 24.3 Å². The van der Waals surface area contributed by atoms with Crippen LogP contribution in [0.2, 0.25) is 0 Å². The fraction of sp³-hybridized carbons (Fsp3) is 0.154. The summed E-state index contributed by atoms with van der Waals surface area (Å²) in [6.07, 6.45) is 0.896. The summed E-state index contributed by atoms with van der Waals surface area (Å²) in [5, 5.41) is 4.42. The standard InChI is InChI=1S/C26H23F2N3OS/c1-2-17-5-12-24-19(13-17)14-20(25(32)30-24)16-31(15-18-3-6-21(27)7-4-18)26(33)29-23-10-8-22(28)9-11-23/h3-14H,2,15-16H2,1H3,(H,29,33)(H,30,32). The van der Waals surface area contributed by atoms with Crippen molar-refractivity contribution < 1.29 is 8.78 Å². The second kappa shape index (κ2) is 9.92. The first kappa shape index (κ1) is 22.6. The van der Waals surface area contributed by atoms with Gasteiger partial charge in [0.25, 0.3) is 5.56 Å². The topological polar surface area (TPSA) is 48.1 Å². The smallest absolute Gasteiger partial charge is 0.253 e. The summed E-state index contributed by atoms with van der Waals surface area (Å²) in [5.74, 6) is -0.668. The summed E-state index contributed by atoms with van der Waals surface area (Å²) in [6.45, 7) is 2.68. The average molecular weight is 464 g/mol. The third-order valence-corrected chi connectivity index (χ3v) is 5.78. The summed E-state index contributed by atoms with van der Waals surface area (Å²) in [7, 11) is 0. The molecule has 7 heteroatoms. The van der Waals surface area contributed by atoms with Crippen LogP contribution in [0.4, 0.5) is 14.5 Å². The van der Waals surface area contributed by atoms with Gasteiger partial charge in [0.2, 0.25) is 0 Å². The lowest BCUT2D eigenvalue weighted by molar-refractivity contribution is 0.411. The molecule has 33 heavy (non-hydrogen) atoms. The predicted octanol–water partition coefficient (Wildman–Crippen LogP) is 5.77. The lowest BCUT2D eigenvalue weighted by Gasteiger charge is -2.26. The Morgan fingerprint density at radius 3 is 2.21 bits per heavy atom. The van der Waals surface area contributed by atoms with Crippen molar-refractivity contribution in [2.75, 3.05) is 5.32 Å². The van der Waals surface area contributed by atoms with Crippen LogP contribution in [0.3, 0.4) is 0 Å². The molecule has 0 bridgehead atoms. The van der Waals surface area contributed by atoms with Crippen molar-refractivity contribution >= 4 is 33.9 Å². The lowest BCUT2D eigenvalue weighted by atomic mass is 10.1. The molecule has 0 aliphatic heterocycles. The van der Waals surface area contributed by atoms with E-state index in [4.69, 9.17) is 12.2 Å². The monoisotopic (exact) mass is 463 g/mol. The van der Waals surface area contributed by atoms with Crippen LogP contribution in [0, 0.1) is 11.6 Å². The highest BCUT2D eigenvalue weighted by Crippen LogP contribution is 2.18. The van der Waals surface area contributed by atoms with Gasteiger partial charge in [0, 0.05) is 23.3 Å². The summed E-state index contributed by atoms with van der Waals surface area (Å²) >= 11 is 5.63. The molecule has 4 rings (SSSR count). The van der Waals surface area contributed by atoms with E-state index < -0.39 is 0 Å². The number of anilines is 1. The molecule has 0 saturated carbocycles. The molecule has 0 aliphatic rings.